The van der Waals surface area contributed by atoms with E-state index in [0.29, 0.717) is 22.7 Å². The number of benzene rings is 3. The summed E-state index contributed by atoms with van der Waals surface area (Å²) in [5, 5.41) is 6.20. The Bertz CT molecular complexity index is 1200. The third-order valence-electron chi connectivity index (χ3n) is 5.39. The molecule has 0 bridgehead atoms. The number of carbonyl (C=O) groups is 1. The molecule has 0 atom stereocenters. The SMILES string of the molecule is CCc1ccccc1NC(=O)c1ccc(CNc2ccc(C)c(C)c2S(C)(=O)=O)cc1. The number of nitrogens with one attached hydrogen (secondary N) is 2. The molecule has 3 aromatic rings. The molecule has 0 heterocycles. The number of rotatable bonds is 7. The molecule has 5 nitrogen and oxygen atoms in total. The average molecular weight is 437 g/mol. The highest BCUT2D eigenvalue weighted by Crippen LogP contribution is 2.28. The second-order valence-corrected chi connectivity index (χ2v) is 9.62. The second kappa shape index (κ2) is 9.35. The minimum atomic E-state index is -3.36. The maximum absolute atomic E-state index is 12.6. The first-order valence-corrected chi connectivity index (χ1v) is 12.1. The standard InChI is InChI=1S/C25H28N2O3S/c1-5-20-8-6-7-9-22(20)27-25(28)21-13-11-19(12-14-21)16-26-23-15-10-17(2)18(3)24(23)31(4,29)30/h6-15,26H,5,16H2,1-4H3,(H,27,28). The highest BCUT2D eigenvalue weighted by molar-refractivity contribution is 7.91. The molecule has 0 aliphatic carbocycles. The Labute approximate surface area is 184 Å². The van der Waals surface area contributed by atoms with Gasteiger partial charge in [-0.15, -0.1) is 0 Å². The van der Waals surface area contributed by atoms with Crippen molar-refractivity contribution in [3.63, 3.8) is 0 Å². The molecule has 162 valence electrons. The normalized spacial score (nSPS) is 11.2. The first kappa shape index (κ1) is 22.6. The van der Waals surface area contributed by atoms with Crippen molar-refractivity contribution in [2.45, 2.75) is 38.6 Å². The van der Waals surface area contributed by atoms with Crippen LogP contribution in [0.1, 0.15) is 39.5 Å². The van der Waals surface area contributed by atoms with Gasteiger partial charge in [0.25, 0.3) is 5.91 Å². The summed E-state index contributed by atoms with van der Waals surface area (Å²) in [6, 6.07) is 18.8. The second-order valence-electron chi connectivity index (χ2n) is 7.67. The maximum atomic E-state index is 12.6. The van der Waals surface area contributed by atoms with E-state index in [1.807, 2.05) is 56.3 Å². The Morgan fingerprint density at radius 1 is 0.903 bits per heavy atom. The van der Waals surface area contributed by atoms with E-state index in [9.17, 15) is 13.2 Å². The summed E-state index contributed by atoms with van der Waals surface area (Å²) in [6.07, 6.45) is 2.07. The molecular weight excluding hydrogens is 408 g/mol. The van der Waals surface area contributed by atoms with Gasteiger partial charge in [0.1, 0.15) is 0 Å². The van der Waals surface area contributed by atoms with Crippen LogP contribution in [0.2, 0.25) is 0 Å². The van der Waals surface area contributed by atoms with Crippen molar-refractivity contribution in [2.24, 2.45) is 0 Å². The lowest BCUT2D eigenvalue weighted by molar-refractivity contribution is 0.102. The Morgan fingerprint density at radius 2 is 1.58 bits per heavy atom. The zero-order chi connectivity index (χ0) is 22.6. The molecule has 0 aromatic heterocycles. The summed E-state index contributed by atoms with van der Waals surface area (Å²) in [6.45, 7) is 6.22. The molecule has 31 heavy (non-hydrogen) atoms. The van der Waals surface area contributed by atoms with Crippen LogP contribution in [0.25, 0.3) is 0 Å². The van der Waals surface area contributed by atoms with Gasteiger partial charge in [0.2, 0.25) is 0 Å². The van der Waals surface area contributed by atoms with Crippen LogP contribution in [-0.4, -0.2) is 20.6 Å². The monoisotopic (exact) mass is 436 g/mol. The zero-order valence-corrected chi connectivity index (χ0v) is 19.1. The Morgan fingerprint density at radius 3 is 2.23 bits per heavy atom. The predicted octanol–water partition coefficient (Wildman–Crippen LogP) is 5.13. The highest BCUT2D eigenvalue weighted by atomic mass is 32.2. The van der Waals surface area contributed by atoms with E-state index < -0.39 is 9.84 Å². The van der Waals surface area contributed by atoms with E-state index in [1.165, 1.54) is 6.26 Å². The van der Waals surface area contributed by atoms with Gasteiger partial charge in [0.15, 0.2) is 9.84 Å². The van der Waals surface area contributed by atoms with Gasteiger partial charge < -0.3 is 10.6 Å². The summed E-state index contributed by atoms with van der Waals surface area (Å²) in [7, 11) is -3.36. The molecule has 0 aliphatic rings. The molecule has 3 aromatic carbocycles. The van der Waals surface area contributed by atoms with E-state index in [0.717, 1.165) is 34.4 Å². The zero-order valence-electron chi connectivity index (χ0n) is 18.3. The Hall–Kier alpha value is -3.12. The molecule has 1 amide bonds. The van der Waals surface area contributed by atoms with Crippen LogP contribution in [0.15, 0.2) is 65.6 Å². The van der Waals surface area contributed by atoms with Crippen molar-refractivity contribution < 1.29 is 13.2 Å². The van der Waals surface area contributed by atoms with Crippen LogP contribution >= 0.6 is 0 Å². The van der Waals surface area contributed by atoms with Gasteiger partial charge in [0.05, 0.1) is 10.6 Å². The van der Waals surface area contributed by atoms with E-state index in [4.69, 9.17) is 0 Å². The van der Waals surface area contributed by atoms with Crippen molar-refractivity contribution in [3.8, 4) is 0 Å². The molecule has 3 rings (SSSR count). The van der Waals surface area contributed by atoms with Crippen molar-refractivity contribution in [1.82, 2.24) is 0 Å². The van der Waals surface area contributed by atoms with Crippen LogP contribution in [0.3, 0.4) is 0 Å². The molecule has 0 saturated carbocycles. The average Bonchev–Trinajstić information content (AvgIpc) is 2.74. The van der Waals surface area contributed by atoms with Gasteiger partial charge in [-0.1, -0.05) is 43.3 Å². The molecule has 0 spiro atoms. The summed E-state index contributed by atoms with van der Waals surface area (Å²) in [4.78, 5) is 12.9. The van der Waals surface area contributed by atoms with E-state index in [2.05, 4.69) is 17.6 Å². The van der Waals surface area contributed by atoms with Crippen LogP contribution in [0.4, 0.5) is 11.4 Å². The number of para-hydroxylation sites is 1. The van der Waals surface area contributed by atoms with Crippen molar-refractivity contribution >= 4 is 27.1 Å². The van der Waals surface area contributed by atoms with Gasteiger partial charge in [0, 0.05) is 24.1 Å². The Balaban J connectivity index is 1.72. The first-order chi connectivity index (χ1) is 14.7. The molecule has 0 fully saturated rings. The third kappa shape index (κ3) is 5.33. The van der Waals surface area contributed by atoms with E-state index >= 15 is 0 Å². The lowest BCUT2D eigenvalue weighted by Gasteiger charge is -2.15. The fourth-order valence-electron chi connectivity index (χ4n) is 3.52. The number of anilines is 2. The number of sulfone groups is 1. The molecule has 2 N–H and O–H groups in total. The van der Waals surface area contributed by atoms with E-state index in [1.54, 1.807) is 18.2 Å². The van der Waals surface area contributed by atoms with Gasteiger partial charge >= 0.3 is 0 Å². The molecular formula is C25H28N2O3S. The lowest BCUT2D eigenvalue weighted by atomic mass is 10.1. The fraction of sp³-hybridized carbons (Fsp3) is 0.240. The highest BCUT2D eigenvalue weighted by Gasteiger charge is 2.17. The van der Waals surface area contributed by atoms with Crippen LogP contribution in [0.5, 0.6) is 0 Å². The minimum absolute atomic E-state index is 0.158. The van der Waals surface area contributed by atoms with Crippen LogP contribution in [0, 0.1) is 13.8 Å². The third-order valence-corrected chi connectivity index (χ3v) is 6.66. The molecule has 6 heteroatoms. The van der Waals surface area contributed by atoms with Crippen molar-refractivity contribution in [1.29, 1.82) is 0 Å². The van der Waals surface area contributed by atoms with Gasteiger partial charge in [-0.05, 0) is 66.8 Å². The Kier molecular flexibility index (Phi) is 6.81. The minimum Gasteiger partial charge on any atom is -0.380 e. The smallest absolute Gasteiger partial charge is 0.255 e. The van der Waals surface area contributed by atoms with Gasteiger partial charge in [-0.25, -0.2) is 8.42 Å². The molecule has 0 aliphatic heterocycles. The van der Waals surface area contributed by atoms with Crippen LogP contribution in [-0.2, 0) is 22.8 Å². The number of hydrogen-bond acceptors (Lipinski definition) is 4. The molecule has 0 unspecified atom stereocenters. The van der Waals surface area contributed by atoms with Crippen LogP contribution < -0.4 is 10.6 Å². The van der Waals surface area contributed by atoms with Gasteiger partial charge in [-0.3, -0.25) is 4.79 Å². The fourth-order valence-corrected chi connectivity index (χ4v) is 4.78. The number of amides is 1. The van der Waals surface area contributed by atoms with Crippen molar-refractivity contribution in [3.05, 3.63) is 88.5 Å². The topological polar surface area (TPSA) is 75.3 Å². The maximum Gasteiger partial charge on any atom is 0.255 e. The van der Waals surface area contributed by atoms with E-state index in [-0.39, 0.29) is 5.91 Å². The first-order valence-electron chi connectivity index (χ1n) is 10.2. The summed E-state index contributed by atoms with van der Waals surface area (Å²) in [5.74, 6) is -0.158. The summed E-state index contributed by atoms with van der Waals surface area (Å²) >= 11 is 0. The van der Waals surface area contributed by atoms with Gasteiger partial charge in [-0.2, -0.15) is 0 Å². The number of aryl methyl sites for hydroxylation is 2. The molecule has 0 saturated heterocycles. The lowest BCUT2D eigenvalue weighted by Crippen LogP contribution is -2.13. The number of carbonyl (C=O) groups excluding carboxylic acids is 1. The predicted molar refractivity (Wildman–Crippen MR) is 127 cm³/mol. The molecule has 0 radical (unpaired) electrons. The summed E-state index contributed by atoms with van der Waals surface area (Å²) < 4.78 is 24.5. The van der Waals surface area contributed by atoms with Crippen molar-refractivity contribution in [2.75, 3.05) is 16.9 Å². The summed E-state index contributed by atoms with van der Waals surface area (Å²) in [5.41, 5.74) is 5.71. The largest absolute Gasteiger partial charge is 0.380 e. The quantitative estimate of drug-likeness (QED) is 0.538. The number of hydrogen-bond donors (Lipinski definition) is 2.